The SMILES string of the molecule is CC(C)CC(=O)N1CCNC(=O)C1C. The molecule has 1 aliphatic rings. The summed E-state index contributed by atoms with van der Waals surface area (Å²) in [6.45, 7) is 7.00. The average molecular weight is 198 g/mol. The molecule has 1 aliphatic heterocycles. The number of hydrogen-bond acceptors (Lipinski definition) is 2. The summed E-state index contributed by atoms with van der Waals surface area (Å²) in [5.74, 6) is 0.385. The lowest BCUT2D eigenvalue weighted by molar-refractivity contribution is -0.143. The molecule has 1 unspecified atom stereocenters. The molecule has 4 heteroatoms. The molecule has 1 N–H and O–H groups in total. The molecule has 1 atom stereocenters. The Morgan fingerprint density at radius 1 is 1.64 bits per heavy atom. The van der Waals surface area contributed by atoms with Gasteiger partial charge in [-0.15, -0.1) is 0 Å². The fourth-order valence-corrected chi connectivity index (χ4v) is 1.59. The fraction of sp³-hybridized carbons (Fsp3) is 0.800. The van der Waals surface area contributed by atoms with E-state index in [1.165, 1.54) is 0 Å². The van der Waals surface area contributed by atoms with Gasteiger partial charge < -0.3 is 10.2 Å². The van der Waals surface area contributed by atoms with Crippen LogP contribution in [0.1, 0.15) is 27.2 Å². The van der Waals surface area contributed by atoms with E-state index >= 15 is 0 Å². The Morgan fingerprint density at radius 2 is 2.29 bits per heavy atom. The highest BCUT2D eigenvalue weighted by Gasteiger charge is 2.28. The van der Waals surface area contributed by atoms with Gasteiger partial charge in [-0.3, -0.25) is 9.59 Å². The highest BCUT2D eigenvalue weighted by atomic mass is 16.2. The first-order valence-electron chi connectivity index (χ1n) is 5.09. The first-order chi connectivity index (χ1) is 6.52. The van der Waals surface area contributed by atoms with Crippen molar-refractivity contribution in [2.75, 3.05) is 13.1 Å². The predicted molar refractivity (Wildman–Crippen MR) is 53.6 cm³/mol. The number of piperazine rings is 1. The molecule has 0 bridgehead atoms. The zero-order valence-electron chi connectivity index (χ0n) is 9.04. The number of hydrogen-bond donors (Lipinski definition) is 1. The highest BCUT2D eigenvalue weighted by molar-refractivity contribution is 5.88. The van der Waals surface area contributed by atoms with Crippen LogP contribution in [0.4, 0.5) is 0 Å². The second kappa shape index (κ2) is 4.44. The van der Waals surface area contributed by atoms with Crippen molar-refractivity contribution in [3.05, 3.63) is 0 Å². The summed E-state index contributed by atoms with van der Waals surface area (Å²) in [6, 6.07) is -0.310. The van der Waals surface area contributed by atoms with Gasteiger partial charge in [0, 0.05) is 19.5 Å². The van der Waals surface area contributed by atoms with Crippen LogP contribution in [-0.2, 0) is 9.59 Å². The quantitative estimate of drug-likeness (QED) is 0.697. The molecule has 1 fully saturated rings. The summed E-state index contributed by atoms with van der Waals surface area (Å²) < 4.78 is 0. The van der Waals surface area contributed by atoms with E-state index in [4.69, 9.17) is 0 Å². The molecule has 0 saturated carbocycles. The van der Waals surface area contributed by atoms with Crippen molar-refractivity contribution in [2.45, 2.75) is 33.2 Å². The molecule has 1 saturated heterocycles. The third-order valence-corrected chi connectivity index (χ3v) is 2.40. The van der Waals surface area contributed by atoms with Gasteiger partial charge >= 0.3 is 0 Å². The molecule has 0 aromatic carbocycles. The molecule has 0 radical (unpaired) electrons. The molecular formula is C10H18N2O2. The average Bonchev–Trinajstić information content (AvgIpc) is 2.08. The largest absolute Gasteiger partial charge is 0.353 e. The number of amides is 2. The number of carbonyl (C=O) groups is 2. The van der Waals surface area contributed by atoms with Gasteiger partial charge in [-0.2, -0.15) is 0 Å². The van der Waals surface area contributed by atoms with Gasteiger partial charge in [-0.05, 0) is 12.8 Å². The molecule has 0 spiro atoms. The monoisotopic (exact) mass is 198 g/mol. The topological polar surface area (TPSA) is 49.4 Å². The molecule has 4 nitrogen and oxygen atoms in total. The molecular weight excluding hydrogens is 180 g/mol. The van der Waals surface area contributed by atoms with E-state index in [0.29, 0.717) is 25.4 Å². The molecule has 0 aromatic rings. The maximum absolute atomic E-state index is 11.7. The molecule has 0 aromatic heterocycles. The molecule has 80 valence electrons. The first-order valence-corrected chi connectivity index (χ1v) is 5.09. The van der Waals surface area contributed by atoms with E-state index in [2.05, 4.69) is 5.32 Å². The summed E-state index contributed by atoms with van der Waals surface area (Å²) in [7, 11) is 0. The molecule has 1 heterocycles. The molecule has 0 aliphatic carbocycles. The standard InChI is InChI=1S/C10H18N2O2/c1-7(2)6-9(13)12-5-4-11-10(14)8(12)3/h7-8H,4-6H2,1-3H3,(H,11,14). The van der Waals surface area contributed by atoms with E-state index in [1.54, 1.807) is 11.8 Å². The third kappa shape index (κ3) is 2.47. The van der Waals surface area contributed by atoms with Crippen LogP contribution in [0.3, 0.4) is 0 Å². The van der Waals surface area contributed by atoms with Gasteiger partial charge in [0.15, 0.2) is 0 Å². The maximum Gasteiger partial charge on any atom is 0.242 e. The van der Waals surface area contributed by atoms with Crippen molar-refractivity contribution in [1.29, 1.82) is 0 Å². The van der Waals surface area contributed by atoms with Crippen LogP contribution in [0.15, 0.2) is 0 Å². The van der Waals surface area contributed by atoms with E-state index in [1.807, 2.05) is 13.8 Å². The van der Waals surface area contributed by atoms with Gasteiger partial charge in [0.05, 0.1) is 0 Å². The van der Waals surface area contributed by atoms with Crippen LogP contribution < -0.4 is 5.32 Å². The molecule has 2 amide bonds. The smallest absolute Gasteiger partial charge is 0.242 e. The van der Waals surface area contributed by atoms with E-state index in [-0.39, 0.29) is 17.9 Å². The number of rotatable bonds is 2. The molecule has 14 heavy (non-hydrogen) atoms. The van der Waals surface area contributed by atoms with E-state index in [0.717, 1.165) is 0 Å². The van der Waals surface area contributed by atoms with Crippen LogP contribution in [0.25, 0.3) is 0 Å². The normalized spacial score (nSPS) is 22.4. The summed E-state index contributed by atoms with van der Waals surface area (Å²) in [5, 5.41) is 2.74. The summed E-state index contributed by atoms with van der Waals surface area (Å²) in [4.78, 5) is 24.7. The third-order valence-electron chi connectivity index (χ3n) is 2.40. The lowest BCUT2D eigenvalue weighted by Gasteiger charge is -2.33. The summed E-state index contributed by atoms with van der Waals surface area (Å²) >= 11 is 0. The summed E-state index contributed by atoms with van der Waals surface area (Å²) in [6.07, 6.45) is 0.525. The first kappa shape index (κ1) is 11.0. The lowest BCUT2D eigenvalue weighted by Crippen LogP contribution is -2.55. The van der Waals surface area contributed by atoms with Crippen molar-refractivity contribution in [3.8, 4) is 0 Å². The van der Waals surface area contributed by atoms with Gasteiger partial charge in [-0.25, -0.2) is 0 Å². The van der Waals surface area contributed by atoms with E-state index in [9.17, 15) is 9.59 Å². The van der Waals surface area contributed by atoms with Crippen molar-refractivity contribution >= 4 is 11.8 Å². The Hall–Kier alpha value is -1.06. The van der Waals surface area contributed by atoms with Crippen LogP contribution in [0, 0.1) is 5.92 Å². The van der Waals surface area contributed by atoms with Crippen LogP contribution >= 0.6 is 0 Å². The van der Waals surface area contributed by atoms with Crippen molar-refractivity contribution in [2.24, 2.45) is 5.92 Å². The zero-order chi connectivity index (χ0) is 10.7. The second-order valence-corrected chi connectivity index (χ2v) is 4.15. The van der Waals surface area contributed by atoms with Crippen molar-refractivity contribution in [1.82, 2.24) is 10.2 Å². The highest BCUT2D eigenvalue weighted by Crippen LogP contribution is 2.09. The number of nitrogens with one attached hydrogen (secondary N) is 1. The minimum Gasteiger partial charge on any atom is -0.353 e. The van der Waals surface area contributed by atoms with Crippen LogP contribution in [0.2, 0.25) is 0 Å². The maximum atomic E-state index is 11.7. The predicted octanol–water partition coefficient (Wildman–Crippen LogP) is 0.379. The Bertz CT molecular complexity index is 238. The zero-order valence-corrected chi connectivity index (χ0v) is 9.04. The van der Waals surface area contributed by atoms with Gasteiger partial charge in [0.2, 0.25) is 11.8 Å². The number of nitrogens with zero attached hydrogens (tertiary/aromatic N) is 1. The van der Waals surface area contributed by atoms with Gasteiger partial charge in [-0.1, -0.05) is 13.8 Å². The van der Waals surface area contributed by atoms with Crippen molar-refractivity contribution < 1.29 is 9.59 Å². The Balaban J connectivity index is 2.57. The van der Waals surface area contributed by atoms with Crippen LogP contribution in [0.5, 0.6) is 0 Å². The minimum absolute atomic E-state index is 0.0478. The van der Waals surface area contributed by atoms with Crippen LogP contribution in [-0.4, -0.2) is 35.8 Å². The van der Waals surface area contributed by atoms with Gasteiger partial charge in [0.1, 0.15) is 6.04 Å². The Kier molecular flexibility index (Phi) is 3.49. The minimum atomic E-state index is -0.310. The van der Waals surface area contributed by atoms with Crippen molar-refractivity contribution in [3.63, 3.8) is 0 Å². The van der Waals surface area contributed by atoms with E-state index < -0.39 is 0 Å². The Labute approximate surface area is 84.7 Å². The fourth-order valence-electron chi connectivity index (χ4n) is 1.59. The second-order valence-electron chi connectivity index (χ2n) is 4.15. The Morgan fingerprint density at radius 3 is 2.86 bits per heavy atom. The lowest BCUT2D eigenvalue weighted by atomic mass is 10.1. The number of carbonyl (C=O) groups excluding carboxylic acids is 2. The summed E-state index contributed by atoms with van der Waals surface area (Å²) in [5.41, 5.74) is 0. The van der Waals surface area contributed by atoms with Gasteiger partial charge in [0.25, 0.3) is 0 Å². The molecule has 1 rings (SSSR count).